The van der Waals surface area contributed by atoms with Crippen LogP contribution in [0.4, 0.5) is 10.1 Å². The lowest BCUT2D eigenvalue weighted by molar-refractivity contribution is -0.384. The highest BCUT2D eigenvalue weighted by atomic mass is 32.2. The molecule has 2 aromatic carbocycles. The Bertz CT molecular complexity index is 689. The van der Waals surface area contributed by atoms with E-state index in [0.29, 0.717) is 0 Å². The molecule has 0 fully saturated rings. The average molecular weight is 334 g/mol. The van der Waals surface area contributed by atoms with Gasteiger partial charge in [0.05, 0.1) is 16.7 Å². The molecule has 0 radical (unpaired) electrons. The Hall–Kier alpha value is -2.41. The number of non-ortho nitro benzene ring substituents is 1. The number of rotatable bonds is 6. The van der Waals surface area contributed by atoms with Crippen LogP contribution in [0.15, 0.2) is 53.4 Å². The first-order chi connectivity index (χ1) is 11.0. The van der Waals surface area contributed by atoms with Gasteiger partial charge in [-0.1, -0.05) is 12.1 Å². The van der Waals surface area contributed by atoms with Crippen molar-refractivity contribution >= 4 is 23.4 Å². The fourth-order valence-electron chi connectivity index (χ4n) is 1.93. The molecule has 1 N–H and O–H groups in total. The van der Waals surface area contributed by atoms with E-state index in [1.54, 1.807) is 24.3 Å². The standard InChI is InChI=1S/C16H15FN2O3S/c1-11(12-2-4-13(17)5-3-12)18-16(20)10-23-15-8-6-14(7-9-15)19(21)22/h2-9,11H,10H2,1H3,(H,18,20)/t11-/m0/s1. The van der Waals surface area contributed by atoms with Crippen molar-refractivity contribution in [2.45, 2.75) is 17.9 Å². The SMILES string of the molecule is C[C@H](NC(=O)CSc1ccc([N+](=O)[O-])cc1)c1ccc(F)cc1. The maximum Gasteiger partial charge on any atom is 0.269 e. The number of carbonyl (C=O) groups excluding carboxylic acids is 1. The van der Waals surface area contributed by atoms with Crippen LogP contribution in [-0.4, -0.2) is 16.6 Å². The van der Waals surface area contributed by atoms with Crippen LogP contribution in [0.25, 0.3) is 0 Å². The number of nitro benzene ring substituents is 1. The first-order valence-electron chi connectivity index (χ1n) is 6.88. The zero-order valence-corrected chi connectivity index (χ0v) is 13.2. The van der Waals surface area contributed by atoms with Gasteiger partial charge in [0.2, 0.25) is 5.91 Å². The van der Waals surface area contributed by atoms with E-state index in [-0.39, 0.29) is 29.2 Å². The molecule has 0 aliphatic rings. The number of nitrogens with one attached hydrogen (secondary N) is 1. The van der Waals surface area contributed by atoms with Crippen LogP contribution in [0, 0.1) is 15.9 Å². The molecule has 2 rings (SSSR count). The van der Waals surface area contributed by atoms with E-state index in [1.807, 2.05) is 6.92 Å². The Morgan fingerprint density at radius 1 is 1.22 bits per heavy atom. The second-order valence-electron chi connectivity index (χ2n) is 4.88. The highest BCUT2D eigenvalue weighted by Gasteiger charge is 2.11. The normalized spacial score (nSPS) is 11.7. The second kappa shape index (κ2) is 7.73. The molecule has 0 aliphatic carbocycles. The first-order valence-corrected chi connectivity index (χ1v) is 7.86. The van der Waals surface area contributed by atoms with E-state index in [4.69, 9.17) is 0 Å². The van der Waals surface area contributed by atoms with Crippen LogP contribution in [0.5, 0.6) is 0 Å². The minimum absolute atomic E-state index is 0.0173. The summed E-state index contributed by atoms with van der Waals surface area (Å²) in [6, 6.07) is 11.8. The van der Waals surface area contributed by atoms with Gasteiger partial charge in [0.1, 0.15) is 5.82 Å². The summed E-state index contributed by atoms with van der Waals surface area (Å²) >= 11 is 1.29. The molecule has 7 heteroatoms. The largest absolute Gasteiger partial charge is 0.349 e. The number of amides is 1. The fraction of sp³-hybridized carbons (Fsp3) is 0.188. The maximum atomic E-state index is 12.9. The lowest BCUT2D eigenvalue weighted by atomic mass is 10.1. The van der Waals surface area contributed by atoms with Crippen molar-refractivity contribution in [2.24, 2.45) is 0 Å². The Labute approximate surface area is 137 Å². The van der Waals surface area contributed by atoms with Crippen molar-refractivity contribution in [3.05, 3.63) is 70.0 Å². The number of thioether (sulfide) groups is 1. The number of carbonyl (C=O) groups is 1. The van der Waals surface area contributed by atoms with Crippen LogP contribution in [-0.2, 0) is 4.79 Å². The Kier molecular flexibility index (Phi) is 5.70. The van der Waals surface area contributed by atoms with E-state index in [1.165, 1.54) is 36.0 Å². The van der Waals surface area contributed by atoms with Gasteiger partial charge in [0.15, 0.2) is 0 Å². The molecule has 0 aliphatic heterocycles. The summed E-state index contributed by atoms with van der Waals surface area (Å²) in [6.07, 6.45) is 0. The number of nitro groups is 1. The molecular weight excluding hydrogens is 319 g/mol. The molecule has 23 heavy (non-hydrogen) atoms. The minimum atomic E-state index is -0.467. The van der Waals surface area contributed by atoms with Gasteiger partial charge >= 0.3 is 0 Å². The fourth-order valence-corrected chi connectivity index (χ4v) is 2.64. The molecule has 0 aromatic heterocycles. The highest BCUT2D eigenvalue weighted by molar-refractivity contribution is 8.00. The van der Waals surface area contributed by atoms with Crippen LogP contribution in [0.1, 0.15) is 18.5 Å². The third kappa shape index (κ3) is 5.07. The number of hydrogen-bond donors (Lipinski definition) is 1. The molecule has 1 atom stereocenters. The Balaban J connectivity index is 1.84. The summed E-state index contributed by atoms with van der Waals surface area (Å²) in [4.78, 5) is 22.8. The molecule has 1 amide bonds. The lowest BCUT2D eigenvalue weighted by Gasteiger charge is -2.14. The van der Waals surface area contributed by atoms with Gasteiger partial charge < -0.3 is 5.32 Å². The summed E-state index contributed by atoms with van der Waals surface area (Å²) < 4.78 is 12.9. The highest BCUT2D eigenvalue weighted by Crippen LogP contribution is 2.21. The van der Waals surface area contributed by atoms with Gasteiger partial charge in [0, 0.05) is 17.0 Å². The van der Waals surface area contributed by atoms with Crippen molar-refractivity contribution in [2.75, 3.05) is 5.75 Å². The van der Waals surface area contributed by atoms with Crippen molar-refractivity contribution in [3.8, 4) is 0 Å². The van der Waals surface area contributed by atoms with Gasteiger partial charge in [-0.2, -0.15) is 0 Å². The van der Waals surface area contributed by atoms with Crippen molar-refractivity contribution in [1.82, 2.24) is 5.32 Å². The van der Waals surface area contributed by atoms with Gasteiger partial charge in [-0.3, -0.25) is 14.9 Å². The first kappa shape index (κ1) is 17.0. The molecule has 2 aromatic rings. The Morgan fingerprint density at radius 2 is 1.83 bits per heavy atom. The van der Waals surface area contributed by atoms with E-state index >= 15 is 0 Å². The maximum absolute atomic E-state index is 12.9. The number of nitrogens with zero attached hydrogens (tertiary/aromatic N) is 1. The van der Waals surface area contributed by atoms with E-state index in [0.717, 1.165) is 10.5 Å². The summed E-state index contributed by atoms with van der Waals surface area (Å²) in [6.45, 7) is 1.82. The van der Waals surface area contributed by atoms with Crippen LogP contribution in [0.2, 0.25) is 0 Å². The zero-order chi connectivity index (χ0) is 16.8. The topological polar surface area (TPSA) is 72.2 Å². The van der Waals surface area contributed by atoms with E-state index < -0.39 is 4.92 Å². The molecule has 0 saturated carbocycles. The summed E-state index contributed by atoms with van der Waals surface area (Å²) in [5.74, 6) is -0.283. The van der Waals surface area contributed by atoms with Gasteiger partial charge in [-0.05, 0) is 36.8 Å². The third-order valence-electron chi connectivity index (χ3n) is 3.16. The average Bonchev–Trinajstić information content (AvgIpc) is 2.54. The number of halogens is 1. The molecular formula is C16H15FN2O3S. The molecule has 0 saturated heterocycles. The summed E-state index contributed by atoms with van der Waals surface area (Å²) in [7, 11) is 0. The summed E-state index contributed by atoms with van der Waals surface area (Å²) in [5, 5.41) is 13.4. The molecule has 0 spiro atoms. The predicted molar refractivity (Wildman–Crippen MR) is 86.8 cm³/mol. The van der Waals surface area contributed by atoms with Crippen molar-refractivity contribution < 1.29 is 14.1 Å². The monoisotopic (exact) mass is 334 g/mol. The summed E-state index contributed by atoms with van der Waals surface area (Å²) in [5.41, 5.74) is 0.837. The number of hydrogen-bond acceptors (Lipinski definition) is 4. The minimum Gasteiger partial charge on any atom is -0.349 e. The Morgan fingerprint density at radius 3 is 2.39 bits per heavy atom. The van der Waals surface area contributed by atoms with Gasteiger partial charge in [-0.25, -0.2) is 4.39 Å². The third-order valence-corrected chi connectivity index (χ3v) is 4.18. The van der Waals surface area contributed by atoms with Crippen LogP contribution in [0.3, 0.4) is 0 Å². The van der Waals surface area contributed by atoms with Crippen LogP contribution < -0.4 is 5.32 Å². The van der Waals surface area contributed by atoms with Gasteiger partial charge in [0.25, 0.3) is 5.69 Å². The lowest BCUT2D eigenvalue weighted by Crippen LogP contribution is -2.28. The molecule has 5 nitrogen and oxygen atoms in total. The smallest absolute Gasteiger partial charge is 0.269 e. The second-order valence-corrected chi connectivity index (χ2v) is 5.93. The van der Waals surface area contributed by atoms with E-state index in [2.05, 4.69) is 5.32 Å². The van der Waals surface area contributed by atoms with Crippen molar-refractivity contribution in [1.29, 1.82) is 0 Å². The molecule has 0 bridgehead atoms. The zero-order valence-electron chi connectivity index (χ0n) is 12.4. The quantitative estimate of drug-likeness (QED) is 0.497. The van der Waals surface area contributed by atoms with Gasteiger partial charge in [-0.15, -0.1) is 11.8 Å². The van der Waals surface area contributed by atoms with E-state index in [9.17, 15) is 19.3 Å². The molecule has 120 valence electrons. The predicted octanol–water partition coefficient (Wildman–Crippen LogP) is 3.70. The van der Waals surface area contributed by atoms with Crippen LogP contribution >= 0.6 is 11.8 Å². The van der Waals surface area contributed by atoms with Crippen molar-refractivity contribution in [3.63, 3.8) is 0 Å². The molecule has 0 unspecified atom stereocenters. The molecule has 0 heterocycles. The number of benzene rings is 2.